The summed E-state index contributed by atoms with van der Waals surface area (Å²) in [6.45, 7) is 1.56. The molecule has 25 heavy (non-hydrogen) atoms. The van der Waals surface area contributed by atoms with Crippen molar-refractivity contribution in [2.24, 2.45) is 0 Å². The zero-order valence-corrected chi connectivity index (χ0v) is 13.7. The quantitative estimate of drug-likeness (QED) is 0.920. The summed E-state index contributed by atoms with van der Waals surface area (Å²) in [4.78, 5) is 25.9. The van der Waals surface area contributed by atoms with E-state index in [9.17, 15) is 23.5 Å². The topological polar surface area (TPSA) is 62.5 Å². The largest absolute Gasteiger partial charge is 0.391 e. The van der Waals surface area contributed by atoms with Gasteiger partial charge in [0, 0.05) is 24.4 Å². The van der Waals surface area contributed by atoms with Gasteiger partial charge in [0.1, 0.15) is 18.2 Å². The summed E-state index contributed by atoms with van der Waals surface area (Å²) in [5.41, 5.74) is 0.493. The van der Waals surface area contributed by atoms with Gasteiger partial charge in [0.2, 0.25) is 5.91 Å². The number of carbonyl (C=O) groups excluding carboxylic acids is 1. The Kier molecular flexibility index (Phi) is 4.67. The van der Waals surface area contributed by atoms with Crippen LogP contribution in [0.4, 0.5) is 8.78 Å². The van der Waals surface area contributed by atoms with E-state index in [0.717, 1.165) is 23.8 Å². The number of halogens is 2. The normalized spacial score (nSPS) is 20.1. The first-order valence-corrected chi connectivity index (χ1v) is 7.94. The van der Waals surface area contributed by atoms with Crippen LogP contribution in [0.3, 0.4) is 0 Å². The molecule has 0 radical (unpaired) electrons. The summed E-state index contributed by atoms with van der Waals surface area (Å²) in [6, 6.07) is 5.40. The van der Waals surface area contributed by atoms with Crippen LogP contribution in [0.15, 0.2) is 41.3 Å². The van der Waals surface area contributed by atoms with Crippen LogP contribution in [0.2, 0.25) is 0 Å². The minimum absolute atomic E-state index is 0.0140. The summed E-state index contributed by atoms with van der Waals surface area (Å²) in [6.07, 6.45) is 0.806. The molecule has 1 fully saturated rings. The van der Waals surface area contributed by atoms with E-state index in [1.807, 2.05) is 0 Å². The maximum atomic E-state index is 14.1. The van der Waals surface area contributed by atoms with Gasteiger partial charge < -0.3 is 14.6 Å². The third kappa shape index (κ3) is 3.61. The summed E-state index contributed by atoms with van der Waals surface area (Å²) >= 11 is 0. The summed E-state index contributed by atoms with van der Waals surface area (Å²) in [5.74, 6) is -1.68. The molecule has 2 unspecified atom stereocenters. The first-order valence-electron chi connectivity index (χ1n) is 7.94. The van der Waals surface area contributed by atoms with Gasteiger partial charge in [-0.25, -0.2) is 8.78 Å². The van der Waals surface area contributed by atoms with Crippen LogP contribution in [-0.2, 0) is 11.3 Å². The number of benzene rings is 1. The van der Waals surface area contributed by atoms with Gasteiger partial charge in [-0.1, -0.05) is 0 Å². The third-order valence-electron chi connectivity index (χ3n) is 4.37. The lowest BCUT2D eigenvalue weighted by molar-refractivity contribution is -0.133. The van der Waals surface area contributed by atoms with Crippen molar-refractivity contribution in [2.45, 2.75) is 32.0 Å². The Balaban J connectivity index is 1.87. The maximum Gasteiger partial charge on any atom is 0.251 e. The van der Waals surface area contributed by atoms with Crippen molar-refractivity contribution in [3.8, 4) is 0 Å². The molecule has 2 atom stereocenters. The number of rotatable bonds is 3. The van der Waals surface area contributed by atoms with Crippen molar-refractivity contribution in [3.63, 3.8) is 0 Å². The van der Waals surface area contributed by atoms with Gasteiger partial charge in [0.05, 0.1) is 12.1 Å². The number of nitrogens with zero attached hydrogens (tertiary/aromatic N) is 2. The monoisotopic (exact) mass is 348 g/mol. The molecule has 5 nitrogen and oxygen atoms in total. The number of amides is 1. The van der Waals surface area contributed by atoms with Crippen LogP contribution in [0, 0.1) is 18.6 Å². The number of pyridine rings is 1. The van der Waals surface area contributed by atoms with Crippen molar-refractivity contribution < 1.29 is 18.7 Å². The van der Waals surface area contributed by atoms with E-state index in [4.69, 9.17) is 0 Å². The number of aliphatic hydroxyl groups is 1. The Labute approximate surface area is 143 Å². The predicted octanol–water partition coefficient (Wildman–Crippen LogP) is 1.77. The van der Waals surface area contributed by atoms with Gasteiger partial charge >= 0.3 is 0 Å². The molecule has 0 bridgehead atoms. The van der Waals surface area contributed by atoms with Crippen molar-refractivity contribution >= 4 is 5.91 Å². The number of aromatic nitrogens is 1. The highest BCUT2D eigenvalue weighted by Crippen LogP contribution is 2.34. The molecule has 1 aromatic heterocycles. The van der Waals surface area contributed by atoms with Crippen molar-refractivity contribution in [2.75, 3.05) is 6.54 Å². The zero-order chi connectivity index (χ0) is 18.1. The lowest BCUT2D eigenvalue weighted by Crippen LogP contribution is -2.37. The predicted molar refractivity (Wildman–Crippen MR) is 86.9 cm³/mol. The Morgan fingerprint density at radius 3 is 2.76 bits per heavy atom. The van der Waals surface area contributed by atoms with E-state index < -0.39 is 29.7 Å². The molecule has 0 spiro atoms. The molecular weight excluding hydrogens is 330 g/mol. The number of β-amino-alcohol motifs (C(OH)–C–C–N with tert-alkyl or cyclic N) is 1. The number of carbonyl (C=O) groups is 1. The van der Waals surface area contributed by atoms with Gasteiger partial charge in [0.25, 0.3) is 5.56 Å². The molecule has 0 aliphatic carbocycles. The second-order valence-corrected chi connectivity index (χ2v) is 6.29. The van der Waals surface area contributed by atoms with Crippen LogP contribution in [0.5, 0.6) is 0 Å². The molecule has 1 amide bonds. The minimum atomic E-state index is -0.827. The lowest BCUT2D eigenvalue weighted by atomic mass is 10.0. The van der Waals surface area contributed by atoms with Gasteiger partial charge in [-0.05, 0) is 43.2 Å². The van der Waals surface area contributed by atoms with Gasteiger partial charge in [-0.3, -0.25) is 9.59 Å². The summed E-state index contributed by atoms with van der Waals surface area (Å²) < 4.78 is 28.8. The third-order valence-corrected chi connectivity index (χ3v) is 4.37. The van der Waals surface area contributed by atoms with Crippen LogP contribution >= 0.6 is 0 Å². The highest BCUT2D eigenvalue weighted by Gasteiger charge is 2.36. The number of hydrogen-bond donors (Lipinski definition) is 1. The Morgan fingerprint density at radius 2 is 2.04 bits per heavy atom. The van der Waals surface area contributed by atoms with Gasteiger partial charge in [0.15, 0.2) is 0 Å². The van der Waals surface area contributed by atoms with Crippen LogP contribution in [0.1, 0.15) is 23.6 Å². The fourth-order valence-electron chi connectivity index (χ4n) is 3.13. The molecule has 1 N–H and O–H groups in total. The molecular formula is C18H18F2N2O3. The van der Waals surface area contributed by atoms with E-state index in [0.29, 0.717) is 0 Å². The van der Waals surface area contributed by atoms with Gasteiger partial charge in [-0.2, -0.15) is 0 Å². The molecule has 3 rings (SSSR count). The molecule has 1 saturated heterocycles. The smallest absolute Gasteiger partial charge is 0.251 e. The second-order valence-electron chi connectivity index (χ2n) is 6.29. The average Bonchev–Trinajstić information content (AvgIpc) is 2.94. The van der Waals surface area contributed by atoms with Crippen LogP contribution in [-0.4, -0.2) is 33.1 Å². The van der Waals surface area contributed by atoms with Crippen molar-refractivity contribution in [1.82, 2.24) is 9.47 Å². The first-order chi connectivity index (χ1) is 11.8. The number of likely N-dealkylation sites (tertiary alicyclic amines) is 1. The SMILES string of the molecule is Cc1ccn(CC(=O)N2CC(O)CC2c2cc(F)ccc2F)c(=O)c1. The second kappa shape index (κ2) is 6.76. The van der Waals surface area contributed by atoms with E-state index in [1.54, 1.807) is 13.0 Å². The number of hydrogen-bond acceptors (Lipinski definition) is 3. The van der Waals surface area contributed by atoms with E-state index in [1.165, 1.54) is 21.7 Å². The molecule has 7 heteroatoms. The Morgan fingerprint density at radius 1 is 1.28 bits per heavy atom. The Hall–Kier alpha value is -2.54. The highest BCUT2D eigenvalue weighted by atomic mass is 19.1. The summed E-state index contributed by atoms with van der Waals surface area (Å²) in [7, 11) is 0. The molecule has 0 saturated carbocycles. The van der Waals surface area contributed by atoms with Crippen molar-refractivity contribution in [3.05, 3.63) is 69.6 Å². The molecule has 2 aromatic rings. The van der Waals surface area contributed by atoms with Gasteiger partial charge in [-0.15, -0.1) is 0 Å². The molecule has 1 aliphatic heterocycles. The Bertz CT molecular complexity index is 866. The van der Waals surface area contributed by atoms with Crippen molar-refractivity contribution in [1.29, 1.82) is 0 Å². The van der Waals surface area contributed by atoms with E-state index in [2.05, 4.69) is 0 Å². The lowest BCUT2D eigenvalue weighted by Gasteiger charge is -2.25. The molecule has 1 aromatic carbocycles. The average molecular weight is 348 g/mol. The minimum Gasteiger partial charge on any atom is -0.391 e. The maximum absolute atomic E-state index is 14.1. The van der Waals surface area contributed by atoms with E-state index >= 15 is 0 Å². The zero-order valence-electron chi connectivity index (χ0n) is 13.7. The van der Waals surface area contributed by atoms with E-state index in [-0.39, 0.29) is 30.6 Å². The number of aliphatic hydroxyl groups excluding tert-OH is 1. The van der Waals surface area contributed by atoms with Crippen LogP contribution < -0.4 is 5.56 Å². The van der Waals surface area contributed by atoms with Crippen LogP contribution in [0.25, 0.3) is 0 Å². The highest BCUT2D eigenvalue weighted by molar-refractivity contribution is 5.77. The molecule has 132 valence electrons. The molecule has 2 heterocycles. The first kappa shape index (κ1) is 17.3. The fourth-order valence-corrected chi connectivity index (χ4v) is 3.13. The molecule has 1 aliphatic rings. The standard InChI is InChI=1S/C18H18F2N2O3/c1-11-4-5-21(17(24)6-11)10-18(25)22-9-13(23)8-16(22)14-7-12(19)2-3-15(14)20/h2-7,13,16,23H,8-10H2,1H3. The fraction of sp³-hybridized carbons (Fsp3) is 0.333. The number of aryl methyl sites for hydroxylation is 1. The summed E-state index contributed by atoms with van der Waals surface area (Å²) in [5, 5.41) is 9.92.